The zero-order valence-electron chi connectivity index (χ0n) is 40.3. The Labute approximate surface area is 389 Å². The quantitative estimate of drug-likeness (QED) is 0.0151. The number of ether oxygens (including phenoxy) is 2. The molecule has 0 aromatic heterocycles. The van der Waals surface area contributed by atoms with Gasteiger partial charge in [0.1, 0.15) is 12.7 Å². The number of hydrogen-bond donors (Lipinski definition) is 4. The summed E-state index contributed by atoms with van der Waals surface area (Å²) in [5, 5.41) is 28.6. The Balaban J connectivity index is 4.38. The van der Waals surface area contributed by atoms with Crippen molar-refractivity contribution in [2.75, 3.05) is 26.4 Å². The highest BCUT2D eigenvalue weighted by molar-refractivity contribution is 7.47. The number of aliphatic hydroxyl groups excluding tert-OH is 3. The summed E-state index contributed by atoms with van der Waals surface area (Å²) in [7, 11) is -4.67. The topological polar surface area (TPSA) is 169 Å². The second-order valence-electron chi connectivity index (χ2n) is 17.1. The van der Waals surface area contributed by atoms with Crippen LogP contribution in [0.5, 0.6) is 0 Å². The molecular weight excluding hydrogens is 832 g/mol. The van der Waals surface area contributed by atoms with Gasteiger partial charge in [0.05, 0.1) is 25.9 Å². The molecule has 12 heteroatoms. The molecule has 11 nitrogen and oxygen atoms in total. The van der Waals surface area contributed by atoms with Gasteiger partial charge in [-0.05, 0) is 50.9 Å². The Hall–Kier alpha value is -2.63. The van der Waals surface area contributed by atoms with Gasteiger partial charge in [-0.1, -0.05) is 209 Å². The highest BCUT2D eigenvalue weighted by atomic mass is 31.2. The van der Waals surface area contributed by atoms with Gasteiger partial charge < -0.3 is 29.7 Å². The van der Waals surface area contributed by atoms with Gasteiger partial charge in [0, 0.05) is 12.8 Å². The van der Waals surface area contributed by atoms with Crippen molar-refractivity contribution in [3.8, 4) is 0 Å². The largest absolute Gasteiger partial charge is 0.472 e. The van der Waals surface area contributed by atoms with Gasteiger partial charge in [0.2, 0.25) is 0 Å². The summed E-state index contributed by atoms with van der Waals surface area (Å²) >= 11 is 0. The molecule has 0 aliphatic carbocycles. The van der Waals surface area contributed by atoms with Crippen LogP contribution in [0.25, 0.3) is 0 Å². The molecular formula is C52H91O11P. The molecule has 0 rings (SSSR count). The van der Waals surface area contributed by atoms with Crippen LogP contribution in [0.3, 0.4) is 0 Å². The second kappa shape index (κ2) is 45.5. The summed E-state index contributed by atoms with van der Waals surface area (Å²) in [6.07, 6.45) is 49.0. The molecule has 64 heavy (non-hydrogen) atoms. The van der Waals surface area contributed by atoms with Gasteiger partial charge in [0.15, 0.2) is 6.10 Å². The van der Waals surface area contributed by atoms with Crippen molar-refractivity contribution in [1.82, 2.24) is 0 Å². The first-order valence-corrected chi connectivity index (χ1v) is 26.4. The fourth-order valence-electron chi connectivity index (χ4n) is 6.58. The van der Waals surface area contributed by atoms with Gasteiger partial charge in [-0.2, -0.15) is 0 Å². The van der Waals surface area contributed by atoms with E-state index in [1.807, 2.05) is 12.2 Å². The highest BCUT2D eigenvalue weighted by Gasteiger charge is 2.27. The second-order valence-corrected chi connectivity index (χ2v) is 18.6. The third kappa shape index (κ3) is 45.9. The van der Waals surface area contributed by atoms with Crippen LogP contribution in [0.4, 0.5) is 0 Å². The first-order chi connectivity index (χ1) is 31.0. The Morgan fingerprint density at radius 2 is 1.08 bits per heavy atom. The molecule has 370 valence electrons. The molecule has 0 aromatic rings. The van der Waals surface area contributed by atoms with Crippen molar-refractivity contribution in [3.05, 3.63) is 72.9 Å². The lowest BCUT2D eigenvalue weighted by Crippen LogP contribution is -2.29. The molecule has 0 radical (unpaired) electrons. The number of phosphoric acid groups is 1. The van der Waals surface area contributed by atoms with E-state index in [2.05, 4.69) is 61.8 Å². The van der Waals surface area contributed by atoms with Crippen LogP contribution in [-0.2, 0) is 32.7 Å². The summed E-state index contributed by atoms with van der Waals surface area (Å²) in [5.41, 5.74) is 0. The van der Waals surface area contributed by atoms with Crippen molar-refractivity contribution in [2.24, 2.45) is 5.92 Å². The third-order valence-electron chi connectivity index (χ3n) is 10.4. The standard InChI is InChI=1S/C52H91O11P/c1-4-5-6-7-8-9-10-17-21-24-27-30-34-39-48(54)40-35-32-37-41-51(56)60-45-50(46-62-64(58,59)61-44-49(55)43-53)63-52(57)42-36-31-28-25-22-19-16-14-12-11-13-15-18-20-23-26-29-33-38-47(2)3/h5-6,8-9,17,21,27,30,32,34-35,39,47-50,53-55H,4,7,10-16,18-20,22-26,28-29,31,33,36-38,40-46H2,1-3H3,(H,58,59)/b6-5-,9-8-,21-17-,30-27-,35-32-,39-34-/t48?,49-,50+/m0/s1. The number of allylic oxidation sites excluding steroid dienone is 10. The van der Waals surface area contributed by atoms with Gasteiger partial charge in [-0.25, -0.2) is 4.57 Å². The third-order valence-corrected chi connectivity index (χ3v) is 11.3. The molecule has 0 aliphatic heterocycles. The highest BCUT2D eigenvalue weighted by Crippen LogP contribution is 2.43. The molecule has 2 unspecified atom stereocenters. The molecule has 0 saturated carbocycles. The fourth-order valence-corrected chi connectivity index (χ4v) is 7.37. The normalized spacial score (nSPS) is 14.9. The van der Waals surface area contributed by atoms with Gasteiger partial charge in [-0.3, -0.25) is 18.6 Å². The summed E-state index contributed by atoms with van der Waals surface area (Å²) in [4.78, 5) is 35.1. The number of phosphoric ester groups is 1. The molecule has 0 saturated heterocycles. The predicted octanol–water partition coefficient (Wildman–Crippen LogP) is 12.8. The van der Waals surface area contributed by atoms with Crippen molar-refractivity contribution < 1.29 is 52.9 Å². The van der Waals surface area contributed by atoms with Gasteiger partial charge in [0.25, 0.3) is 0 Å². The molecule has 0 aromatic carbocycles. The molecule has 4 N–H and O–H groups in total. The number of carbonyl (C=O) groups excluding carboxylic acids is 2. The first-order valence-electron chi connectivity index (χ1n) is 24.9. The molecule has 4 atom stereocenters. The summed E-state index contributed by atoms with van der Waals surface area (Å²) in [6, 6.07) is 0. The van der Waals surface area contributed by atoms with Crippen molar-refractivity contribution >= 4 is 19.8 Å². The minimum atomic E-state index is -4.67. The maximum atomic E-state index is 12.7. The van der Waals surface area contributed by atoms with Crippen molar-refractivity contribution in [1.29, 1.82) is 0 Å². The Bertz CT molecular complexity index is 1320. The monoisotopic (exact) mass is 923 g/mol. The molecule has 0 fully saturated rings. The molecule has 0 bridgehead atoms. The van der Waals surface area contributed by atoms with E-state index in [4.69, 9.17) is 19.1 Å². The maximum absolute atomic E-state index is 12.7. The number of carbonyl (C=O) groups is 2. The van der Waals surface area contributed by atoms with Gasteiger partial charge >= 0.3 is 19.8 Å². The molecule has 0 aliphatic rings. The van der Waals surface area contributed by atoms with Crippen LogP contribution in [0.15, 0.2) is 72.9 Å². The smallest absolute Gasteiger partial charge is 0.462 e. The lowest BCUT2D eigenvalue weighted by molar-refractivity contribution is -0.161. The van der Waals surface area contributed by atoms with E-state index < -0.39 is 64.5 Å². The Kier molecular flexibility index (Phi) is 43.7. The van der Waals surface area contributed by atoms with Crippen molar-refractivity contribution in [3.63, 3.8) is 0 Å². The van der Waals surface area contributed by atoms with Crippen LogP contribution in [-0.4, -0.2) is 76.9 Å². The average molecular weight is 923 g/mol. The fraction of sp³-hybridized carbons (Fsp3) is 0.731. The van der Waals surface area contributed by atoms with E-state index in [-0.39, 0.29) is 12.8 Å². The zero-order valence-corrected chi connectivity index (χ0v) is 41.1. The summed E-state index contributed by atoms with van der Waals surface area (Å²) in [6.45, 7) is 4.43. The van der Waals surface area contributed by atoms with E-state index in [9.17, 15) is 29.3 Å². The predicted molar refractivity (Wildman–Crippen MR) is 262 cm³/mol. The summed E-state index contributed by atoms with van der Waals surface area (Å²) < 4.78 is 32.7. The van der Waals surface area contributed by atoms with E-state index in [1.54, 1.807) is 24.3 Å². The van der Waals surface area contributed by atoms with E-state index in [1.165, 1.54) is 96.3 Å². The number of rotatable bonds is 45. The van der Waals surface area contributed by atoms with Crippen LogP contribution in [0.2, 0.25) is 0 Å². The van der Waals surface area contributed by atoms with Crippen LogP contribution in [0.1, 0.15) is 194 Å². The Morgan fingerprint density at radius 3 is 1.61 bits per heavy atom. The van der Waals surface area contributed by atoms with Crippen LogP contribution >= 0.6 is 7.82 Å². The maximum Gasteiger partial charge on any atom is 0.472 e. The molecule has 0 heterocycles. The lowest BCUT2D eigenvalue weighted by Gasteiger charge is -2.20. The lowest BCUT2D eigenvalue weighted by atomic mass is 10.0. The van der Waals surface area contributed by atoms with Gasteiger partial charge in [-0.15, -0.1) is 0 Å². The minimum Gasteiger partial charge on any atom is -0.462 e. The average Bonchev–Trinajstić information content (AvgIpc) is 3.27. The number of esters is 2. The van der Waals surface area contributed by atoms with Crippen LogP contribution in [0, 0.1) is 5.92 Å². The number of unbranched alkanes of at least 4 members (excludes halogenated alkanes) is 17. The number of hydrogen-bond acceptors (Lipinski definition) is 10. The number of aliphatic hydroxyl groups is 3. The Morgan fingerprint density at radius 1 is 0.578 bits per heavy atom. The van der Waals surface area contributed by atoms with E-state index >= 15 is 0 Å². The molecule has 0 amide bonds. The first kappa shape index (κ1) is 61.4. The van der Waals surface area contributed by atoms with E-state index in [0.717, 1.165) is 50.9 Å². The van der Waals surface area contributed by atoms with Crippen molar-refractivity contribution in [2.45, 2.75) is 212 Å². The minimum absolute atomic E-state index is 0.0333. The van der Waals surface area contributed by atoms with E-state index in [0.29, 0.717) is 19.3 Å². The molecule has 0 spiro atoms. The summed E-state index contributed by atoms with van der Waals surface area (Å²) in [5.74, 6) is -0.270. The SMILES string of the molecule is CC/C=C\C/C=C\C/C=C\C/C=C\C=C/C(O)C/C=C\CCC(=O)OC[C@H](COP(=O)(O)OC[C@@H](O)CO)OC(=O)CCCCCCCCCCCCCCCCCCCCC(C)C. The zero-order chi connectivity index (χ0) is 47.2. The van der Waals surface area contributed by atoms with Crippen LogP contribution < -0.4 is 0 Å².